The van der Waals surface area contributed by atoms with Crippen molar-refractivity contribution in [2.75, 3.05) is 20.2 Å². The first-order valence-corrected chi connectivity index (χ1v) is 4.07. The molecule has 0 unspecified atom stereocenters. The summed E-state index contributed by atoms with van der Waals surface area (Å²) >= 11 is 0. The zero-order chi connectivity index (χ0) is 8.27. The summed E-state index contributed by atoms with van der Waals surface area (Å²) in [7, 11) is 2.01. The van der Waals surface area contributed by atoms with Gasteiger partial charge in [0.2, 0.25) is 0 Å². The van der Waals surface area contributed by atoms with E-state index in [-0.39, 0.29) is 6.61 Å². The largest absolute Gasteiger partial charge is 0.396 e. The highest BCUT2D eigenvalue weighted by atomic mass is 16.3. The van der Waals surface area contributed by atoms with Crippen LogP contribution in [0.3, 0.4) is 0 Å². The van der Waals surface area contributed by atoms with Crippen molar-refractivity contribution in [3.05, 3.63) is 0 Å². The summed E-state index contributed by atoms with van der Waals surface area (Å²) in [6, 6.07) is 0.453. The molecule has 1 aliphatic carbocycles. The average molecular weight is 157 g/mol. The Bertz CT molecular complexity index is 139. The highest BCUT2D eigenvalue weighted by Gasteiger charge is 2.29. The second-order valence-corrected chi connectivity index (χ2v) is 3.16. The Morgan fingerprint density at radius 3 is 2.73 bits per heavy atom. The normalized spacial score (nSPS) is 19.0. The van der Waals surface area contributed by atoms with Crippen molar-refractivity contribution in [1.29, 1.82) is 0 Å². The highest BCUT2D eigenvalue weighted by molar-refractivity contribution is 5.85. The van der Waals surface area contributed by atoms with Gasteiger partial charge in [-0.15, -0.1) is 0 Å². The number of ketones is 1. The second-order valence-electron chi connectivity index (χ2n) is 3.16. The molecule has 0 atom stereocenters. The Morgan fingerprint density at radius 1 is 1.64 bits per heavy atom. The monoisotopic (exact) mass is 157 g/mol. The molecule has 0 aromatic rings. The summed E-state index contributed by atoms with van der Waals surface area (Å²) in [5, 5.41) is 8.55. The van der Waals surface area contributed by atoms with Crippen LogP contribution in [0.1, 0.15) is 19.3 Å². The van der Waals surface area contributed by atoms with E-state index in [0.717, 1.165) is 13.0 Å². The summed E-state index contributed by atoms with van der Waals surface area (Å²) in [5.74, 6) is 0.367. The van der Waals surface area contributed by atoms with Gasteiger partial charge in [-0.25, -0.2) is 0 Å². The smallest absolute Gasteiger partial charge is 0.136 e. The molecule has 0 bridgehead atoms. The van der Waals surface area contributed by atoms with Crippen molar-refractivity contribution in [1.82, 2.24) is 4.90 Å². The first kappa shape index (κ1) is 8.68. The van der Waals surface area contributed by atoms with E-state index in [9.17, 15) is 4.79 Å². The Morgan fingerprint density at radius 2 is 2.27 bits per heavy atom. The summed E-state index contributed by atoms with van der Waals surface area (Å²) in [5.41, 5.74) is 0. The van der Waals surface area contributed by atoms with E-state index in [1.807, 2.05) is 7.05 Å². The summed E-state index contributed by atoms with van der Waals surface area (Å²) < 4.78 is 0. The van der Waals surface area contributed by atoms with Gasteiger partial charge in [0.1, 0.15) is 5.78 Å². The molecule has 0 spiro atoms. The molecule has 3 heteroatoms. The van der Waals surface area contributed by atoms with Crippen LogP contribution < -0.4 is 0 Å². The topological polar surface area (TPSA) is 40.5 Å². The molecule has 1 fully saturated rings. The van der Waals surface area contributed by atoms with Crippen molar-refractivity contribution in [2.24, 2.45) is 0 Å². The van der Waals surface area contributed by atoms with Gasteiger partial charge in [-0.3, -0.25) is 4.79 Å². The second kappa shape index (κ2) is 3.83. The third-order valence-corrected chi connectivity index (χ3v) is 2.22. The van der Waals surface area contributed by atoms with Crippen LogP contribution in [0.2, 0.25) is 0 Å². The molecule has 3 nitrogen and oxygen atoms in total. The third-order valence-electron chi connectivity index (χ3n) is 2.22. The third kappa shape index (κ3) is 2.27. The SMILES string of the molecule is CN(CCCO)C1CC(=O)C1. The van der Waals surface area contributed by atoms with Crippen molar-refractivity contribution in [3.8, 4) is 0 Å². The Balaban J connectivity index is 2.10. The van der Waals surface area contributed by atoms with Gasteiger partial charge in [0, 0.05) is 32.0 Å². The molecule has 64 valence electrons. The van der Waals surface area contributed by atoms with E-state index in [1.54, 1.807) is 0 Å². The van der Waals surface area contributed by atoms with Crippen LogP contribution in [-0.2, 0) is 4.79 Å². The molecule has 0 aliphatic heterocycles. The van der Waals surface area contributed by atoms with E-state index in [4.69, 9.17) is 5.11 Å². The Kier molecular flexibility index (Phi) is 3.02. The van der Waals surface area contributed by atoms with Crippen LogP contribution in [0, 0.1) is 0 Å². The Labute approximate surface area is 67.0 Å². The maximum absolute atomic E-state index is 10.6. The number of carbonyl (C=O) groups excluding carboxylic acids is 1. The van der Waals surface area contributed by atoms with Crippen molar-refractivity contribution >= 4 is 5.78 Å². The molecule has 1 N–H and O–H groups in total. The molecule has 0 amide bonds. The molecular weight excluding hydrogens is 142 g/mol. The van der Waals surface area contributed by atoms with Gasteiger partial charge in [0.05, 0.1) is 0 Å². The van der Waals surface area contributed by atoms with E-state index in [0.29, 0.717) is 24.7 Å². The van der Waals surface area contributed by atoms with Crippen LogP contribution in [0.25, 0.3) is 0 Å². The first-order chi connectivity index (χ1) is 5.24. The van der Waals surface area contributed by atoms with Crippen LogP contribution in [-0.4, -0.2) is 42.0 Å². The molecule has 1 rings (SSSR count). The molecule has 0 heterocycles. The molecule has 1 aliphatic rings. The summed E-state index contributed by atoms with van der Waals surface area (Å²) in [6.07, 6.45) is 2.23. The van der Waals surface area contributed by atoms with Crippen molar-refractivity contribution in [3.63, 3.8) is 0 Å². The predicted molar refractivity (Wildman–Crippen MR) is 42.4 cm³/mol. The van der Waals surface area contributed by atoms with Gasteiger partial charge in [-0.2, -0.15) is 0 Å². The predicted octanol–water partition coefficient (Wildman–Crippen LogP) is 0.0321. The highest BCUT2D eigenvalue weighted by Crippen LogP contribution is 2.19. The van der Waals surface area contributed by atoms with Gasteiger partial charge >= 0.3 is 0 Å². The fourth-order valence-corrected chi connectivity index (χ4v) is 1.28. The van der Waals surface area contributed by atoms with Crippen LogP contribution in [0.4, 0.5) is 0 Å². The lowest BCUT2D eigenvalue weighted by molar-refractivity contribution is -0.127. The zero-order valence-electron chi connectivity index (χ0n) is 6.92. The van der Waals surface area contributed by atoms with Crippen molar-refractivity contribution < 1.29 is 9.90 Å². The fraction of sp³-hybridized carbons (Fsp3) is 0.875. The quantitative estimate of drug-likeness (QED) is 0.626. The minimum atomic E-state index is 0.241. The number of aliphatic hydroxyl groups is 1. The van der Waals surface area contributed by atoms with Gasteiger partial charge < -0.3 is 10.0 Å². The van der Waals surface area contributed by atoms with Gasteiger partial charge in [-0.05, 0) is 13.5 Å². The summed E-state index contributed by atoms with van der Waals surface area (Å²) in [4.78, 5) is 12.8. The first-order valence-electron chi connectivity index (χ1n) is 4.07. The standard InChI is InChI=1S/C8H15NO2/c1-9(3-2-4-10)7-5-8(11)6-7/h7,10H,2-6H2,1H3. The molecule has 0 aromatic carbocycles. The molecular formula is C8H15NO2. The average Bonchev–Trinajstić information content (AvgIpc) is 1.94. The maximum Gasteiger partial charge on any atom is 0.136 e. The van der Waals surface area contributed by atoms with E-state index in [2.05, 4.69) is 4.90 Å². The lowest BCUT2D eigenvalue weighted by Crippen LogP contribution is -2.43. The number of Topliss-reactive ketones (excluding diaryl/α,β-unsaturated/α-hetero) is 1. The maximum atomic E-state index is 10.6. The number of hydrogen-bond acceptors (Lipinski definition) is 3. The fourth-order valence-electron chi connectivity index (χ4n) is 1.28. The molecule has 1 saturated carbocycles. The van der Waals surface area contributed by atoms with Crippen LogP contribution in [0.15, 0.2) is 0 Å². The Hall–Kier alpha value is -0.410. The van der Waals surface area contributed by atoms with Gasteiger partial charge in [-0.1, -0.05) is 0 Å². The molecule has 0 saturated heterocycles. The molecule has 11 heavy (non-hydrogen) atoms. The number of nitrogens with zero attached hydrogens (tertiary/aromatic N) is 1. The van der Waals surface area contributed by atoms with E-state index < -0.39 is 0 Å². The van der Waals surface area contributed by atoms with E-state index in [1.165, 1.54) is 0 Å². The van der Waals surface area contributed by atoms with Crippen LogP contribution in [0.5, 0.6) is 0 Å². The minimum absolute atomic E-state index is 0.241. The number of hydrogen-bond donors (Lipinski definition) is 1. The van der Waals surface area contributed by atoms with Crippen molar-refractivity contribution in [2.45, 2.75) is 25.3 Å². The lowest BCUT2D eigenvalue weighted by atomic mass is 9.90. The molecule has 0 radical (unpaired) electrons. The minimum Gasteiger partial charge on any atom is -0.396 e. The summed E-state index contributed by atoms with van der Waals surface area (Å²) in [6.45, 7) is 1.14. The van der Waals surface area contributed by atoms with Gasteiger partial charge in [0.15, 0.2) is 0 Å². The number of aliphatic hydroxyl groups excluding tert-OH is 1. The van der Waals surface area contributed by atoms with E-state index >= 15 is 0 Å². The van der Waals surface area contributed by atoms with Crippen LogP contribution >= 0.6 is 0 Å². The zero-order valence-corrected chi connectivity index (χ0v) is 6.92. The van der Waals surface area contributed by atoms with Gasteiger partial charge in [0.25, 0.3) is 0 Å². The lowest BCUT2D eigenvalue weighted by Gasteiger charge is -2.33. The molecule has 0 aromatic heterocycles. The number of rotatable bonds is 4. The number of carbonyl (C=O) groups is 1.